The fraction of sp³-hybridized carbons (Fsp3) is 0.211. The first-order valence-corrected chi connectivity index (χ1v) is 8.44. The lowest BCUT2D eigenvalue weighted by atomic mass is 10.2. The van der Waals surface area contributed by atoms with Crippen molar-refractivity contribution in [2.24, 2.45) is 5.10 Å². The molecule has 2 rings (SSSR count). The largest absolute Gasteiger partial charge is 0.497 e. The Kier molecular flexibility index (Phi) is 7.24. The molecule has 29 heavy (non-hydrogen) atoms. The molecule has 0 aromatic heterocycles. The van der Waals surface area contributed by atoms with Gasteiger partial charge in [0.1, 0.15) is 11.5 Å². The lowest BCUT2D eigenvalue weighted by Crippen LogP contribution is -2.22. The van der Waals surface area contributed by atoms with Crippen LogP contribution in [0.1, 0.15) is 23.7 Å². The lowest BCUT2D eigenvalue weighted by molar-refractivity contribution is -0.384. The molecule has 0 atom stereocenters. The number of nitro groups is 1. The number of hydrogen-bond acceptors (Lipinski definition) is 7. The molecule has 0 fully saturated rings. The van der Waals surface area contributed by atoms with Crippen LogP contribution in [0, 0.1) is 10.1 Å². The number of benzene rings is 2. The Hall–Kier alpha value is -3.95. The van der Waals surface area contributed by atoms with E-state index >= 15 is 0 Å². The van der Waals surface area contributed by atoms with E-state index in [1.807, 2.05) is 0 Å². The van der Waals surface area contributed by atoms with E-state index in [9.17, 15) is 19.7 Å². The van der Waals surface area contributed by atoms with Crippen molar-refractivity contribution in [1.82, 2.24) is 5.43 Å². The number of ether oxygens (including phenoxy) is 2. The average molecular weight is 400 g/mol. The van der Waals surface area contributed by atoms with Gasteiger partial charge in [-0.1, -0.05) is 6.07 Å². The summed E-state index contributed by atoms with van der Waals surface area (Å²) in [5.41, 5.74) is 3.12. The van der Waals surface area contributed by atoms with Crippen molar-refractivity contribution in [1.29, 1.82) is 0 Å². The van der Waals surface area contributed by atoms with Gasteiger partial charge < -0.3 is 14.8 Å². The van der Waals surface area contributed by atoms with Crippen LogP contribution in [0.3, 0.4) is 0 Å². The van der Waals surface area contributed by atoms with E-state index in [4.69, 9.17) is 9.47 Å². The summed E-state index contributed by atoms with van der Waals surface area (Å²) >= 11 is 0. The van der Waals surface area contributed by atoms with Crippen LogP contribution < -0.4 is 20.2 Å². The molecule has 0 radical (unpaired) electrons. The van der Waals surface area contributed by atoms with Crippen LogP contribution in [0.15, 0.2) is 47.6 Å². The molecule has 152 valence electrons. The van der Waals surface area contributed by atoms with Gasteiger partial charge in [0.15, 0.2) is 0 Å². The van der Waals surface area contributed by atoms with Gasteiger partial charge in [0.05, 0.1) is 31.1 Å². The summed E-state index contributed by atoms with van der Waals surface area (Å²) < 4.78 is 10.3. The summed E-state index contributed by atoms with van der Waals surface area (Å²) in [7, 11) is 2.93. The number of amides is 2. The third-order valence-electron chi connectivity index (χ3n) is 3.76. The molecule has 0 heterocycles. The zero-order valence-electron chi connectivity index (χ0n) is 16.1. The number of anilines is 1. The zero-order valence-corrected chi connectivity index (χ0v) is 16.1. The maximum atomic E-state index is 12.3. The number of hydrogen-bond donors (Lipinski definition) is 2. The van der Waals surface area contributed by atoms with Crippen molar-refractivity contribution in [3.63, 3.8) is 0 Å². The quantitative estimate of drug-likeness (QED) is 0.398. The number of hydrazone groups is 1. The number of nitrogens with one attached hydrogen (secondary N) is 2. The molecular weight excluding hydrogens is 380 g/mol. The first kappa shape index (κ1) is 21.4. The Balaban J connectivity index is 1.97. The fourth-order valence-electron chi connectivity index (χ4n) is 2.37. The molecule has 2 N–H and O–H groups in total. The molecule has 2 aromatic rings. The summed E-state index contributed by atoms with van der Waals surface area (Å²) in [5.74, 6) is -0.0833. The van der Waals surface area contributed by atoms with Crippen molar-refractivity contribution < 1.29 is 24.0 Å². The second-order valence-corrected chi connectivity index (χ2v) is 5.89. The summed E-state index contributed by atoms with van der Waals surface area (Å²) in [6.45, 7) is 1.57. The molecule has 10 nitrogen and oxygen atoms in total. The van der Waals surface area contributed by atoms with Gasteiger partial charge in [-0.2, -0.15) is 5.10 Å². The zero-order chi connectivity index (χ0) is 21.4. The number of non-ortho nitro benzene ring substituents is 1. The standard InChI is InChI=1S/C19H20N4O6/c1-12(9-18(24)20-13-5-4-6-14(10-13)23(26)27)21-22-19(25)16-8-7-15(28-2)11-17(16)29-3/h4-8,10-11H,9H2,1-3H3,(H,20,24)(H,22,25). The minimum atomic E-state index is -0.550. The van der Waals surface area contributed by atoms with E-state index in [0.717, 1.165) is 0 Å². The van der Waals surface area contributed by atoms with E-state index < -0.39 is 16.7 Å². The molecule has 10 heteroatoms. The Morgan fingerprint density at radius 2 is 1.90 bits per heavy atom. The molecule has 0 aliphatic heterocycles. The predicted octanol–water partition coefficient (Wildman–Crippen LogP) is 2.75. The summed E-state index contributed by atoms with van der Waals surface area (Å²) in [6.07, 6.45) is -0.108. The maximum Gasteiger partial charge on any atom is 0.275 e. The van der Waals surface area contributed by atoms with Crippen LogP contribution in [0.5, 0.6) is 11.5 Å². The molecular formula is C19H20N4O6. The van der Waals surface area contributed by atoms with Gasteiger partial charge in [-0.15, -0.1) is 0 Å². The molecule has 2 aromatic carbocycles. The average Bonchev–Trinajstić information content (AvgIpc) is 2.71. The normalized spacial score (nSPS) is 10.8. The molecule has 0 bridgehead atoms. The second kappa shape index (κ2) is 9.83. The van der Waals surface area contributed by atoms with E-state index in [-0.39, 0.29) is 17.7 Å². The summed E-state index contributed by atoms with van der Waals surface area (Å²) in [6, 6.07) is 10.3. The summed E-state index contributed by atoms with van der Waals surface area (Å²) in [5, 5.41) is 17.2. The van der Waals surface area contributed by atoms with Crippen LogP contribution >= 0.6 is 0 Å². The van der Waals surface area contributed by atoms with Crippen LogP contribution in [0.25, 0.3) is 0 Å². The van der Waals surface area contributed by atoms with E-state index in [0.29, 0.717) is 22.9 Å². The minimum absolute atomic E-state index is 0.108. The van der Waals surface area contributed by atoms with Gasteiger partial charge in [0, 0.05) is 29.6 Å². The molecule has 0 spiro atoms. The monoisotopic (exact) mass is 400 g/mol. The van der Waals surface area contributed by atoms with Crippen molar-refractivity contribution in [2.45, 2.75) is 13.3 Å². The topological polar surface area (TPSA) is 132 Å². The number of nitro benzene ring substituents is 1. The van der Waals surface area contributed by atoms with Gasteiger partial charge in [-0.3, -0.25) is 19.7 Å². The number of carbonyl (C=O) groups is 2. The number of methoxy groups -OCH3 is 2. The Bertz CT molecular complexity index is 957. The van der Waals surface area contributed by atoms with Crippen molar-refractivity contribution in [3.8, 4) is 11.5 Å². The van der Waals surface area contributed by atoms with E-state index in [2.05, 4.69) is 15.8 Å². The highest BCUT2D eigenvalue weighted by Gasteiger charge is 2.14. The Morgan fingerprint density at radius 3 is 2.55 bits per heavy atom. The molecule has 0 saturated carbocycles. The highest BCUT2D eigenvalue weighted by atomic mass is 16.6. The molecule has 0 aliphatic carbocycles. The van der Waals surface area contributed by atoms with Gasteiger partial charge >= 0.3 is 0 Å². The van der Waals surface area contributed by atoms with Crippen LogP contribution in [-0.2, 0) is 4.79 Å². The number of rotatable bonds is 8. The molecule has 0 saturated heterocycles. The van der Waals surface area contributed by atoms with Crippen molar-refractivity contribution in [3.05, 3.63) is 58.1 Å². The van der Waals surface area contributed by atoms with Gasteiger partial charge in [-0.25, -0.2) is 5.43 Å². The van der Waals surface area contributed by atoms with Gasteiger partial charge in [-0.05, 0) is 25.1 Å². The highest BCUT2D eigenvalue weighted by Crippen LogP contribution is 2.24. The highest BCUT2D eigenvalue weighted by molar-refractivity contribution is 6.06. The predicted molar refractivity (Wildman–Crippen MR) is 106 cm³/mol. The minimum Gasteiger partial charge on any atom is -0.497 e. The lowest BCUT2D eigenvalue weighted by Gasteiger charge is -2.09. The fourth-order valence-corrected chi connectivity index (χ4v) is 2.37. The summed E-state index contributed by atoms with van der Waals surface area (Å²) in [4.78, 5) is 34.6. The first-order valence-electron chi connectivity index (χ1n) is 8.44. The molecule has 0 unspecified atom stereocenters. The molecule has 0 aliphatic rings. The van der Waals surface area contributed by atoms with E-state index in [1.54, 1.807) is 19.1 Å². The smallest absolute Gasteiger partial charge is 0.275 e. The van der Waals surface area contributed by atoms with Crippen molar-refractivity contribution in [2.75, 3.05) is 19.5 Å². The second-order valence-electron chi connectivity index (χ2n) is 5.89. The van der Waals surface area contributed by atoms with Crippen LogP contribution in [-0.4, -0.2) is 36.7 Å². The van der Waals surface area contributed by atoms with Crippen molar-refractivity contribution >= 4 is 28.9 Å². The van der Waals surface area contributed by atoms with E-state index in [1.165, 1.54) is 44.6 Å². The number of carbonyl (C=O) groups excluding carboxylic acids is 2. The number of nitrogens with zero attached hydrogens (tertiary/aromatic N) is 2. The SMILES string of the molecule is COc1ccc(C(=O)NN=C(C)CC(=O)Nc2cccc([N+](=O)[O-])c2)c(OC)c1. The maximum absolute atomic E-state index is 12.3. The Labute approximate surface area is 166 Å². The van der Waals surface area contributed by atoms with Crippen LogP contribution in [0.4, 0.5) is 11.4 Å². The third kappa shape index (κ3) is 6.03. The Morgan fingerprint density at radius 1 is 1.14 bits per heavy atom. The molecule has 2 amide bonds. The third-order valence-corrected chi connectivity index (χ3v) is 3.76. The van der Waals surface area contributed by atoms with Crippen LogP contribution in [0.2, 0.25) is 0 Å². The van der Waals surface area contributed by atoms with Gasteiger partial charge in [0.2, 0.25) is 5.91 Å². The van der Waals surface area contributed by atoms with Gasteiger partial charge in [0.25, 0.3) is 11.6 Å². The first-order chi connectivity index (χ1) is 13.8.